The van der Waals surface area contributed by atoms with Crippen LogP contribution in [0.25, 0.3) is 27.5 Å². The number of hydrogen-bond acceptors (Lipinski definition) is 0. The summed E-state index contributed by atoms with van der Waals surface area (Å²) in [6.07, 6.45) is 3.51. The Balaban J connectivity index is 1.85. The third kappa shape index (κ3) is 2.47. The van der Waals surface area contributed by atoms with Gasteiger partial charge in [-0.25, -0.2) is 0 Å². The van der Waals surface area contributed by atoms with Crippen LogP contribution < -0.4 is 0 Å². The van der Waals surface area contributed by atoms with Crippen LogP contribution >= 0.6 is 0 Å². The smallest absolute Gasteiger partial charge is 0.00629 e. The van der Waals surface area contributed by atoms with Crippen LogP contribution in [0.15, 0.2) is 60.7 Å². The molecule has 3 aromatic rings. The maximum atomic E-state index is 2.38. The molecule has 0 heteroatoms. The molecule has 0 saturated carbocycles. The topological polar surface area (TPSA) is 0 Å². The zero-order valence-electron chi connectivity index (χ0n) is 15.0. The van der Waals surface area contributed by atoms with E-state index >= 15 is 0 Å². The summed E-state index contributed by atoms with van der Waals surface area (Å²) in [6, 6.07) is 20.5. The predicted molar refractivity (Wildman–Crippen MR) is 105 cm³/mol. The molecule has 3 aromatic carbocycles. The largest absolute Gasteiger partial charge is 0.0801 e. The normalized spacial score (nSPS) is 15.9. The molecule has 0 fully saturated rings. The molecule has 0 spiro atoms. The van der Waals surface area contributed by atoms with Gasteiger partial charge in [-0.15, -0.1) is 0 Å². The van der Waals surface area contributed by atoms with Crippen LogP contribution in [0.3, 0.4) is 0 Å². The molecule has 0 aromatic heterocycles. The van der Waals surface area contributed by atoms with E-state index < -0.39 is 0 Å². The highest BCUT2D eigenvalue weighted by Crippen LogP contribution is 2.40. The number of fused-ring (bicyclic) bond motifs is 2. The van der Waals surface area contributed by atoms with Gasteiger partial charge in [-0.05, 0) is 76.4 Å². The van der Waals surface area contributed by atoms with Crippen molar-refractivity contribution >= 4 is 16.3 Å². The molecular weight excluding hydrogens is 288 g/mol. The Morgan fingerprint density at radius 2 is 1.42 bits per heavy atom. The van der Waals surface area contributed by atoms with E-state index in [1.165, 1.54) is 44.2 Å². The van der Waals surface area contributed by atoms with E-state index in [0.29, 0.717) is 0 Å². The first-order valence-electron chi connectivity index (χ1n) is 8.76. The van der Waals surface area contributed by atoms with Crippen LogP contribution in [0.2, 0.25) is 0 Å². The summed E-state index contributed by atoms with van der Waals surface area (Å²) in [5.41, 5.74) is 8.44. The van der Waals surface area contributed by atoms with Crippen LogP contribution in [-0.2, 0) is 5.41 Å². The number of aryl methyl sites for hydroxylation is 1. The summed E-state index contributed by atoms with van der Waals surface area (Å²) in [7, 11) is 0. The monoisotopic (exact) mass is 312 g/mol. The lowest BCUT2D eigenvalue weighted by molar-refractivity contribution is 0.527. The van der Waals surface area contributed by atoms with Crippen molar-refractivity contribution in [3.63, 3.8) is 0 Å². The lowest BCUT2D eigenvalue weighted by Crippen LogP contribution is -2.21. The lowest BCUT2D eigenvalue weighted by atomic mass is 9.73. The minimum atomic E-state index is 0.230. The van der Waals surface area contributed by atoms with E-state index in [1.54, 1.807) is 0 Å². The van der Waals surface area contributed by atoms with Gasteiger partial charge in [0.15, 0.2) is 0 Å². The van der Waals surface area contributed by atoms with Gasteiger partial charge in [0, 0.05) is 0 Å². The Morgan fingerprint density at radius 1 is 0.750 bits per heavy atom. The van der Waals surface area contributed by atoms with E-state index in [0.717, 1.165) is 6.42 Å². The molecule has 0 radical (unpaired) electrons. The minimum absolute atomic E-state index is 0.230. The average molecular weight is 312 g/mol. The number of hydrogen-bond donors (Lipinski definition) is 0. The number of rotatable bonds is 1. The molecule has 24 heavy (non-hydrogen) atoms. The van der Waals surface area contributed by atoms with Crippen molar-refractivity contribution in [2.45, 2.75) is 39.5 Å². The van der Waals surface area contributed by atoms with Gasteiger partial charge in [0.2, 0.25) is 0 Å². The Morgan fingerprint density at radius 3 is 2.25 bits per heavy atom. The van der Waals surface area contributed by atoms with Crippen LogP contribution in [0.5, 0.6) is 0 Å². The highest BCUT2D eigenvalue weighted by molar-refractivity contribution is 5.88. The molecule has 0 atom stereocenters. The summed E-state index contributed by atoms with van der Waals surface area (Å²) in [5, 5.41) is 2.62. The standard InChI is InChI=1S/C24H24/c1-16-5-6-19-14-20(8-7-18(19)13-16)21-9-10-23-22(15-21)17(2)11-12-24(23,3)4/h5-11,13-15H,12H2,1-4H3. The molecule has 1 aliphatic rings. The van der Waals surface area contributed by atoms with Crippen LogP contribution in [0.4, 0.5) is 0 Å². The molecular formula is C24H24. The Hall–Kier alpha value is -2.34. The second kappa shape index (κ2) is 5.34. The van der Waals surface area contributed by atoms with E-state index in [9.17, 15) is 0 Å². The Labute approximate surface area is 144 Å². The first-order valence-corrected chi connectivity index (χ1v) is 8.76. The van der Waals surface area contributed by atoms with Crippen LogP contribution in [0, 0.1) is 6.92 Å². The molecule has 0 nitrogen and oxygen atoms in total. The molecule has 120 valence electrons. The maximum Gasteiger partial charge on any atom is -0.00629 e. The van der Waals surface area contributed by atoms with Crippen molar-refractivity contribution < 1.29 is 0 Å². The summed E-state index contributed by atoms with van der Waals surface area (Å²) in [4.78, 5) is 0. The molecule has 0 heterocycles. The van der Waals surface area contributed by atoms with Gasteiger partial charge in [-0.1, -0.05) is 68.0 Å². The Bertz CT molecular complexity index is 970. The SMILES string of the molecule is CC1=CCC(C)(C)c2ccc(-c3ccc4cc(C)ccc4c3)cc21. The third-order valence-electron chi connectivity index (χ3n) is 5.42. The first kappa shape index (κ1) is 15.2. The second-order valence-corrected chi connectivity index (χ2v) is 7.80. The molecule has 0 amide bonds. The van der Waals surface area contributed by atoms with Crippen molar-refractivity contribution in [3.8, 4) is 11.1 Å². The highest BCUT2D eigenvalue weighted by atomic mass is 14.3. The molecule has 4 rings (SSSR count). The van der Waals surface area contributed by atoms with Crippen molar-refractivity contribution in [2.24, 2.45) is 0 Å². The molecule has 0 N–H and O–H groups in total. The fourth-order valence-corrected chi connectivity index (χ4v) is 3.81. The summed E-state index contributed by atoms with van der Waals surface area (Å²) >= 11 is 0. The minimum Gasteiger partial charge on any atom is -0.0801 e. The van der Waals surface area contributed by atoms with Crippen molar-refractivity contribution in [2.75, 3.05) is 0 Å². The van der Waals surface area contributed by atoms with Gasteiger partial charge in [0.25, 0.3) is 0 Å². The average Bonchev–Trinajstić information content (AvgIpc) is 2.58. The van der Waals surface area contributed by atoms with E-state index in [2.05, 4.69) is 88.4 Å². The van der Waals surface area contributed by atoms with E-state index in [4.69, 9.17) is 0 Å². The van der Waals surface area contributed by atoms with Crippen LogP contribution in [-0.4, -0.2) is 0 Å². The van der Waals surface area contributed by atoms with Gasteiger partial charge in [0.1, 0.15) is 0 Å². The van der Waals surface area contributed by atoms with E-state index in [1.807, 2.05) is 0 Å². The molecule has 0 saturated heterocycles. The second-order valence-electron chi connectivity index (χ2n) is 7.80. The molecule has 0 bridgehead atoms. The quantitative estimate of drug-likeness (QED) is 0.458. The van der Waals surface area contributed by atoms with Gasteiger partial charge >= 0.3 is 0 Å². The van der Waals surface area contributed by atoms with Gasteiger partial charge in [0.05, 0.1) is 0 Å². The predicted octanol–water partition coefficient (Wildman–Crippen LogP) is 6.90. The van der Waals surface area contributed by atoms with Gasteiger partial charge < -0.3 is 0 Å². The summed E-state index contributed by atoms with van der Waals surface area (Å²) in [5.74, 6) is 0. The molecule has 0 unspecified atom stereocenters. The maximum absolute atomic E-state index is 2.38. The fraction of sp³-hybridized carbons (Fsp3) is 0.250. The Kier molecular flexibility index (Phi) is 3.38. The number of allylic oxidation sites excluding steroid dienone is 2. The van der Waals surface area contributed by atoms with Gasteiger partial charge in [-0.3, -0.25) is 0 Å². The third-order valence-corrected chi connectivity index (χ3v) is 5.42. The zero-order valence-corrected chi connectivity index (χ0v) is 15.0. The summed E-state index contributed by atoms with van der Waals surface area (Å²) in [6.45, 7) is 9.06. The van der Waals surface area contributed by atoms with Crippen LogP contribution in [0.1, 0.15) is 43.9 Å². The van der Waals surface area contributed by atoms with E-state index in [-0.39, 0.29) is 5.41 Å². The van der Waals surface area contributed by atoms with Crippen molar-refractivity contribution in [3.05, 3.63) is 77.4 Å². The van der Waals surface area contributed by atoms with Crippen molar-refractivity contribution in [1.82, 2.24) is 0 Å². The first-order chi connectivity index (χ1) is 11.4. The molecule has 0 aliphatic heterocycles. The zero-order chi connectivity index (χ0) is 16.9. The summed E-state index contributed by atoms with van der Waals surface area (Å²) < 4.78 is 0. The highest BCUT2D eigenvalue weighted by Gasteiger charge is 2.26. The molecule has 1 aliphatic carbocycles. The van der Waals surface area contributed by atoms with Crippen molar-refractivity contribution in [1.29, 1.82) is 0 Å². The number of benzene rings is 3. The lowest BCUT2D eigenvalue weighted by Gasteiger charge is -2.31. The van der Waals surface area contributed by atoms with Gasteiger partial charge in [-0.2, -0.15) is 0 Å². The fourth-order valence-electron chi connectivity index (χ4n) is 3.81.